The lowest BCUT2D eigenvalue weighted by Crippen LogP contribution is -2.43. The number of urea groups is 1. The van der Waals surface area contributed by atoms with Crippen LogP contribution in [0.2, 0.25) is 5.02 Å². The van der Waals surface area contributed by atoms with Crippen molar-refractivity contribution in [3.8, 4) is 17.1 Å². The Hall–Kier alpha value is -3.72. The summed E-state index contributed by atoms with van der Waals surface area (Å²) < 4.78 is 19.0. The molecule has 176 valence electrons. The third-order valence-electron chi connectivity index (χ3n) is 5.84. The first-order valence-corrected chi connectivity index (χ1v) is 11.0. The van der Waals surface area contributed by atoms with Crippen LogP contribution < -0.4 is 15.4 Å². The van der Waals surface area contributed by atoms with Gasteiger partial charge in [0.2, 0.25) is 0 Å². The largest absolute Gasteiger partial charge is 0.481 e. The Morgan fingerprint density at radius 3 is 2.38 bits per heavy atom. The molecule has 10 heteroatoms. The number of halogens is 2. The summed E-state index contributed by atoms with van der Waals surface area (Å²) in [7, 11) is 0. The van der Waals surface area contributed by atoms with E-state index in [2.05, 4.69) is 20.6 Å². The quantitative estimate of drug-likeness (QED) is 0.407. The molecule has 0 radical (unpaired) electrons. The number of rotatable bonds is 7. The highest BCUT2D eigenvalue weighted by Crippen LogP contribution is 2.41. The van der Waals surface area contributed by atoms with Crippen molar-refractivity contribution in [2.24, 2.45) is 5.41 Å². The lowest BCUT2D eigenvalue weighted by molar-refractivity contribution is -0.157. The van der Waals surface area contributed by atoms with Crippen LogP contribution in [0.25, 0.3) is 11.1 Å². The first kappa shape index (κ1) is 23.4. The van der Waals surface area contributed by atoms with Crippen LogP contribution in [-0.4, -0.2) is 33.7 Å². The van der Waals surface area contributed by atoms with Gasteiger partial charge >= 0.3 is 18.0 Å². The van der Waals surface area contributed by atoms with Gasteiger partial charge in [-0.15, -0.1) is 0 Å². The number of anilines is 2. The van der Waals surface area contributed by atoms with Crippen molar-refractivity contribution in [1.82, 2.24) is 9.97 Å². The summed E-state index contributed by atoms with van der Waals surface area (Å²) in [6.07, 6.45) is 5.24. The van der Waals surface area contributed by atoms with Crippen molar-refractivity contribution in [3.05, 3.63) is 65.2 Å². The molecule has 1 fully saturated rings. The standard InChI is InChI=1S/C24H22ClFN4O4/c1-14-9-20(18(25)10-19(14)26)30-22(33)29-17-5-3-15(4-6-17)16-11-27-23(28-12-16)34-13-24(21(31)32)7-2-8-24/h3-6,9-12H,2,7-8,13H2,1H3,(H,31,32)(H2,29,30,33). The highest BCUT2D eigenvalue weighted by atomic mass is 35.5. The normalized spacial score (nSPS) is 14.1. The summed E-state index contributed by atoms with van der Waals surface area (Å²) >= 11 is 5.99. The second kappa shape index (κ2) is 9.64. The molecule has 0 saturated heterocycles. The summed E-state index contributed by atoms with van der Waals surface area (Å²) in [6.45, 7) is 1.63. The lowest BCUT2D eigenvalue weighted by atomic mass is 9.69. The van der Waals surface area contributed by atoms with Crippen LogP contribution in [0.3, 0.4) is 0 Å². The van der Waals surface area contributed by atoms with Gasteiger partial charge in [0.15, 0.2) is 0 Å². The molecule has 2 amide bonds. The Kier molecular flexibility index (Phi) is 6.65. The number of nitrogens with zero attached hydrogens (tertiary/aromatic N) is 2. The van der Waals surface area contributed by atoms with Gasteiger partial charge in [-0.05, 0) is 55.2 Å². The number of carbonyl (C=O) groups excluding carboxylic acids is 1. The number of amides is 2. The zero-order valence-corrected chi connectivity index (χ0v) is 19.0. The number of ether oxygens (including phenoxy) is 1. The predicted molar refractivity (Wildman–Crippen MR) is 126 cm³/mol. The van der Waals surface area contributed by atoms with Crippen LogP contribution in [0.1, 0.15) is 24.8 Å². The van der Waals surface area contributed by atoms with E-state index in [0.717, 1.165) is 23.6 Å². The fourth-order valence-corrected chi connectivity index (χ4v) is 3.75. The second-order valence-corrected chi connectivity index (χ2v) is 8.63. The topological polar surface area (TPSA) is 113 Å². The molecule has 0 atom stereocenters. The average Bonchev–Trinajstić information content (AvgIpc) is 2.77. The fourth-order valence-electron chi connectivity index (χ4n) is 3.55. The zero-order valence-electron chi connectivity index (χ0n) is 18.3. The number of carbonyl (C=O) groups is 2. The maximum atomic E-state index is 13.5. The van der Waals surface area contributed by atoms with Crippen LogP contribution in [-0.2, 0) is 4.79 Å². The monoisotopic (exact) mass is 484 g/mol. The van der Waals surface area contributed by atoms with E-state index in [9.17, 15) is 19.1 Å². The smallest absolute Gasteiger partial charge is 0.323 e. The molecule has 3 aromatic rings. The van der Waals surface area contributed by atoms with Crippen molar-refractivity contribution < 1.29 is 23.8 Å². The number of nitrogens with one attached hydrogen (secondary N) is 2. The van der Waals surface area contributed by atoms with Crippen molar-refractivity contribution in [1.29, 1.82) is 0 Å². The van der Waals surface area contributed by atoms with Gasteiger partial charge in [0.05, 0.1) is 10.7 Å². The molecule has 1 aliphatic carbocycles. The third-order valence-corrected chi connectivity index (χ3v) is 6.16. The van der Waals surface area contributed by atoms with Crippen LogP contribution in [0.4, 0.5) is 20.6 Å². The molecule has 0 bridgehead atoms. The van der Waals surface area contributed by atoms with E-state index in [1.165, 1.54) is 6.07 Å². The molecule has 34 heavy (non-hydrogen) atoms. The van der Waals surface area contributed by atoms with Gasteiger partial charge in [-0.2, -0.15) is 0 Å². The SMILES string of the molecule is Cc1cc(NC(=O)Nc2ccc(-c3cnc(OCC4(C(=O)O)CCC4)nc3)cc2)c(Cl)cc1F. The predicted octanol–water partition coefficient (Wildman–Crippen LogP) is 5.52. The van der Waals surface area contributed by atoms with Gasteiger partial charge in [0.25, 0.3) is 0 Å². The molecule has 1 aliphatic rings. The molecule has 4 rings (SSSR count). The molecule has 8 nitrogen and oxygen atoms in total. The van der Waals surface area contributed by atoms with Crippen LogP contribution in [0, 0.1) is 18.2 Å². The minimum absolute atomic E-state index is 0.0484. The minimum Gasteiger partial charge on any atom is -0.481 e. The summed E-state index contributed by atoms with van der Waals surface area (Å²) in [4.78, 5) is 32.0. The zero-order chi connectivity index (χ0) is 24.3. The van der Waals surface area contributed by atoms with E-state index in [1.54, 1.807) is 43.6 Å². The Balaban J connectivity index is 1.34. The van der Waals surface area contributed by atoms with Gasteiger partial charge in [0.1, 0.15) is 17.8 Å². The van der Waals surface area contributed by atoms with E-state index in [0.29, 0.717) is 29.8 Å². The summed E-state index contributed by atoms with van der Waals surface area (Å²) in [5.74, 6) is -1.30. The van der Waals surface area contributed by atoms with E-state index >= 15 is 0 Å². The number of aromatic nitrogens is 2. The number of aliphatic carboxylic acids is 1. The van der Waals surface area contributed by atoms with Gasteiger partial charge in [-0.3, -0.25) is 4.79 Å². The van der Waals surface area contributed by atoms with E-state index < -0.39 is 23.2 Å². The molecule has 2 aromatic carbocycles. The van der Waals surface area contributed by atoms with E-state index in [-0.39, 0.29) is 17.6 Å². The fraction of sp³-hybridized carbons (Fsp3) is 0.250. The number of aryl methyl sites for hydroxylation is 1. The molecule has 1 heterocycles. The number of carboxylic acid groups (broad SMARTS) is 1. The van der Waals surface area contributed by atoms with Crippen molar-refractivity contribution in [2.75, 3.05) is 17.2 Å². The molecule has 1 saturated carbocycles. The average molecular weight is 485 g/mol. The molecule has 1 aromatic heterocycles. The van der Waals surface area contributed by atoms with Gasteiger partial charge in [-0.25, -0.2) is 19.2 Å². The minimum atomic E-state index is -0.853. The van der Waals surface area contributed by atoms with Crippen LogP contribution >= 0.6 is 11.6 Å². The van der Waals surface area contributed by atoms with Crippen molar-refractivity contribution in [3.63, 3.8) is 0 Å². The highest BCUT2D eigenvalue weighted by Gasteiger charge is 2.45. The Morgan fingerprint density at radius 1 is 1.12 bits per heavy atom. The lowest BCUT2D eigenvalue weighted by Gasteiger charge is -2.36. The Bertz CT molecular complexity index is 1210. The van der Waals surface area contributed by atoms with Crippen molar-refractivity contribution in [2.45, 2.75) is 26.2 Å². The third kappa shape index (κ3) is 5.09. The molecule has 0 aliphatic heterocycles. The van der Waals surface area contributed by atoms with Gasteiger partial charge in [-0.1, -0.05) is 30.2 Å². The van der Waals surface area contributed by atoms with E-state index in [1.807, 2.05) is 0 Å². The number of carboxylic acids is 1. The molecule has 0 unspecified atom stereocenters. The molecule has 3 N–H and O–H groups in total. The van der Waals surface area contributed by atoms with Crippen LogP contribution in [0.5, 0.6) is 6.01 Å². The Morgan fingerprint density at radius 2 is 1.79 bits per heavy atom. The van der Waals surface area contributed by atoms with Gasteiger partial charge < -0.3 is 20.5 Å². The van der Waals surface area contributed by atoms with E-state index in [4.69, 9.17) is 16.3 Å². The number of hydrogen-bond donors (Lipinski definition) is 3. The van der Waals surface area contributed by atoms with Crippen molar-refractivity contribution >= 4 is 35.0 Å². The maximum absolute atomic E-state index is 13.5. The molecule has 0 spiro atoms. The number of benzene rings is 2. The van der Waals surface area contributed by atoms with Gasteiger partial charge in [0, 0.05) is 23.6 Å². The summed E-state index contributed by atoms with van der Waals surface area (Å²) in [5.41, 5.74) is 1.92. The molecular formula is C24H22ClFN4O4. The summed E-state index contributed by atoms with van der Waals surface area (Å²) in [5, 5.41) is 14.8. The summed E-state index contributed by atoms with van der Waals surface area (Å²) in [6, 6.07) is 9.22. The first-order valence-electron chi connectivity index (χ1n) is 10.6. The van der Waals surface area contributed by atoms with Crippen LogP contribution in [0.15, 0.2) is 48.8 Å². The highest BCUT2D eigenvalue weighted by molar-refractivity contribution is 6.33. The maximum Gasteiger partial charge on any atom is 0.323 e. The first-order chi connectivity index (χ1) is 16.3. The molecular weight excluding hydrogens is 463 g/mol. The second-order valence-electron chi connectivity index (χ2n) is 8.22. The Labute approximate surface area is 200 Å². The number of hydrogen-bond acceptors (Lipinski definition) is 5.